The Morgan fingerprint density at radius 3 is 2.83 bits per heavy atom. The number of benzene rings is 1. The fraction of sp³-hybridized carbons (Fsp3) is 0.333. The summed E-state index contributed by atoms with van der Waals surface area (Å²) in [5, 5.41) is 0. The number of halogens is 1. The van der Waals surface area contributed by atoms with E-state index in [0.29, 0.717) is 24.6 Å². The van der Waals surface area contributed by atoms with Gasteiger partial charge >= 0.3 is 5.69 Å². The van der Waals surface area contributed by atoms with Crippen molar-refractivity contribution in [3.63, 3.8) is 0 Å². The average Bonchev–Trinajstić information content (AvgIpc) is 3.20. The minimum atomic E-state index is -0.452. The fourth-order valence-corrected chi connectivity index (χ4v) is 3.59. The lowest BCUT2D eigenvalue weighted by molar-refractivity contribution is -0.136. The van der Waals surface area contributed by atoms with Gasteiger partial charge in [0.2, 0.25) is 11.8 Å². The number of nitrogens with zero attached hydrogens (tertiary/aromatic N) is 4. The quantitative estimate of drug-likeness (QED) is 0.662. The molecular weight excluding hydrogens is 375 g/mol. The molecule has 1 aliphatic rings. The Morgan fingerprint density at radius 2 is 2.03 bits per heavy atom. The molecule has 1 saturated heterocycles. The van der Waals surface area contributed by atoms with Crippen molar-refractivity contribution >= 4 is 5.91 Å². The lowest BCUT2D eigenvalue weighted by Crippen LogP contribution is -2.42. The van der Waals surface area contributed by atoms with E-state index in [1.807, 2.05) is 0 Å². The molecule has 0 unspecified atom stereocenters. The van der Waals surface area contributed by atoms with Gasteiger partial charge in [-0.2, -0.15) is 0 Å². The Morgan fingerprint density at radius 1 is 1.21 bits per heavy atom. The van der Waals surface area contributed by atoms with Gasteiger partial charge in [0.15, 0.2) is 0 Å². The van der Waals surface area contributed by atoms with Crippen molar-refractivity contribution in [1.29, 1.82) is 0 Å². The molecule has 0 bridgehead atoms. The number of amides is 1. The van der Waals surface area contributed by atoms with E-state index in [2.05, 4.69) is 9.97 Å². The summed E-state index contributed by atoms with van der Waals surface area (Å²) in [6, 6.07) is 7.60. The van der Waals surface area contributed by atoms with Crippen LogP contribution in [0.1, 0.15) is 42.5 Å². The Bertz CT molecular complexity index is 1040. The molecule has 29 heavy (non-hydrogen) atoms. The maximum Gasteiger partial charge on any atom is 0.347 e. The first-order valence-corrected chi connectivity index (χ1v) is 9.60. The predicted molar refractivity (Wildman–Crippen MR) is 103 cm³/mol. The Balaban J connectivity index is 1.49. The first-order valence-electron chi connectivity index (χ1n) is 9.60. The smallest absolute Gasteiger partial charge is 0.347 e. The molecular formula is C21H21FN4O3. The van der Waals surface area contributed by atoms with Crippen LogP contribution in [-0.2, 0) is 17.8 Å². The molecule has 4 rings (SSSR count). The average molecular weight is 396 g/mol. The number of likely N-dealkylation sites (tertiary alicyclic amines) is 1. The number of oxazole rings is 1. The van der Waals surface area contributed by atoms with Gasteiger partial charge in [0.25, 0.3) is 0 Å². The highest BCUT2D eigenvalue weighted by molar-refractivity contribution is 5.76. The summed E-state index contributed by atoms with van der Waals surface area (Å²) < 4.78 is 20.3. The minimum Gasteiger partial charge on any atom is -0.443 e. The summed E-state index contributed by atoms with van der Waals surface area (Å²) in [4.78, 5) is 34.5. The third-order valence-corrected chi connectivity index (χ3v) is 5.06. The zero-order valence-corrected chi connectivity index (χ0v) is 15.8. The molecule has 0 saturated carbocycles. The predicted octanol–water partition coefficient (Wildman–Crippen LogP) is 2.72. The first-order chi connectivity index (χ1) is 14.1. The van der Waals surface area contributed by atoms with Gasteiger partial charge in [-0.25, -0.2) is 19.2 Å². The molecule has 1 atom stereocenters. The van der Waals surface area contributed by atoms with Gasteiger partial charge in [0.05, 0.1) is 6.20 Å². The fourth-order valence-electron chi connectivity index (χ4n) is 3.59. The SMILES string of the molecule is O=C(Cn1cccnc1=O)N1CCCC[C@H]1c1ncc(Cc2ccc(F)cc2)o1. The number of aromatic nitrogens is 3. The first kappa shape index (κ1) is 19.0. The molecule has 3 heterocycles. The second-order valence-corrected chi connectivity index (χ2v) is 7.10. The van der Waals surface area contributed by atoms with E-state index >= 15 is 0 Å². The highest BCUT2D eigenvalue weighted by Crippen LogP contribution is 2.31. The van der Waals surface area contributed by atoms with Crippen LogP contribution in [0, 0.1) is 5.82 Å². The topological polar surface area (TPSA) is 81.2 Å². The Hall–Kier alpha value is -3.29. The lowest BCUT2D eigenvalue weighted by Gasteiger charge is -2.33. The largest absolute Gasteiger partial charge is 0.443 e. The van der Waals surface area contributed by atoms with Gasteiger partial charge in [-0.1, -0.05) is 12.1 Å². The summed E-state index contributed by atoms with van der Waals surface area (Å²) in [7, 11) is 0. The molecule has 0 aliphatic carbocycles. The minimum absolute atomic E-state index is 0.0632. The molecule has 0 radical (unpaired) electrons. The van der Waals surface area contributed by atoms with Crippen molar-refractivity contribution in [1.82, 2.24) is 19.4 Å². The van der Waals surface area contributed by atoms with Crippen LogP contribution in [0.4, 0.5) is 4.39 Å². The summed E-state index contributed by atoms with van der Waals surface area (Å²) in [6.45, 7) is 0.528. The van der Waals surface area contributed by atoms with Crippen LogP contribution in [0.2, 0.25) is 0 Å². The number of carbonyl (C=O) groups excluding carboxylic acids is 1. The maximum absolute atomic E-state index is 13.1. The van der Waals surface area contributed by atoms with Crippen molar-refractivity contribution in [2.75, 3.05) is 6.54 Å². The summed E-state index contributed by atoms with van der Waals surface area (Å²) >= 11 is 0. The van der Waals surface area contributed by atoms with Crippen LogP contribution in [0.25, 0.3) is 0 Å². The third kappa shape index (κ3) is 4.42. The van der Waals surface area contributed by atoms with Crippen LogP contribution in [0.3, 0.4) is 0 Å². The normalized spacial score (nSPS) is 16.7. The number of piperidine rings is 1. The zero-order valence-electron chi connectivity index (χ0n) is 15.8. The molecule has 1 amide bonds. The highest BCUT2D eigenvalue weighted by atomic mass is 19.1. The van der Waals surface area contributed by atoms with Gasteiger partial charge in [0.1, 0.15) is 24.2 Å². The van der Waals surface area contributed by atoms with Crippen molar-refractivity contribution in [2.24, 2.45) is 0 Å². The zero-order chi connectivity index (χ0) is 20.2. The van der Waals surface area contributed by atoms with E-state index in [-0.39, 0.29) is 24.3 Å². The van der Waals surface area contributed by atoms with Crippen molar-refractivity contribution < 1.29 is 13.6 Å². The van der Waals surface area contributed by atoms with Crippen LogP contribution >= 0.6 is 0 Å². The Kier molecular flexibility index (Phi) is 5.50. The van der Waals surface area contributed by atoms with Gasteiger partial charge in [-0.3, -0.25) is 9.36 Å². The van der Waals surface area contributed by atoms with Gasteiger partial charge in [0, 0.05) is 25.4 Å². The summed E-state index contributed by atoms with van der Waals surface area (Å²) in [5.41, 5.74) is 0.466. The summed E-state index contributed by atoms with van der Waals surface area (Å²) in [6.07, 6.45) is 7.73. The van der Waals surface area contributed by atoms with E-state index in [9.17, 15) is 14.0 Å². The van der Waals surface area contributed by atoms with Crippen molar-refractivity contribution in [3.8, 4) is 0 Å². The monoisotopic (exact) mass is 396 g/mol. The van der Waals surface area contributed by atoms with Crippen LogP contribution in [0.5, 0.6) is 0 Å². The molecule has 3 aromatic rings. The number of carbonyl (C=O) groups is 1. The molecule has 1 fully saturated rings. The van der Waals surface area contributed by atoms with Gasteiger partial charge < -0.3 is 9.32 Å². The van der Waals surface area contributed by atoms with Crippen LogP contribution in [-0.4, -0.2) is 31.9 Å². The van der Waals surface area contributed by atoms with Crippen molar-refractivity contribution in [3.05, 3.63) is 82.4 Å². The highest BCUT2D eigenvalue weighted by Gasteiger charge is 2.31. The molecule has 2 aromatic heterocycles. The molecule has 8 heteroatoms. The van der Waals surface area contributed by atoms with E-state index in [0.717, 1.165) is 24.8 Å². The van der Waals surface area contributed by atoms with Gasteiger partial charge in [-0.05, 0) is 43.0 Å². The summed E-state index contributed by atoms with van der Waals surface area (Å²) in [5.74, 6) is 0.709. The second kappa shape index (κ2) is 8.38. The molecule has 1 aromatic carbocycles. The van der Waals surface area contributed by atoms with E-state index < -0.39 is 5.69 Å². The molecule has 7 nitrogen and oxygen atoms in total. The van der Waals surface area contributed by atoms with E-state index in [1.165, 1.54) is 22.9 Å². The van der Waals surface area contributed by atoms with Gasteiger partial charge in [-0.15, -0.1) is 0 Å². The molecule has 0 N–H and O–H groups in total. The molecule has 1 aliphatic heterocycles. The Labute approximate surface area is 166 Å². The third-order valence-electron chi connectivity index (χ3n) is 5.06. The second-order valence-electron chi connectivity index (χ2n) is 7.10. The number of hydrogen-bond acceptors (Lipinski definition) is 5. The molecule has 0 spiro atoms. The van der Waals surface area contributed by atoms with Crippen LogP contribution in [0.15, 0.2) is 58.1 Å². The number of rotatable bonds is 5. The maximum atomic E-state index is 13.1. The van der Waals surface area contributed by atoms with E-state index in [4.69, 9.17) is 4.42 Å². The lowest BCUT2D eigenvalue weighted by atomic mass is 10.0. The van der Waals surface area contributed by atoms with E-state index in [1.54, 1.807) is 35.5 Å². The standard InChI is InChI=1S/C21H21FN4O3/c22-16-7-5-15(6-8-16)12-17-13-24-20(29-17)18-4-1-2-11-26(18)19(27)14-25-10-3-9-23-21(25)28/h3,5-10,13,18H,1-2,4,11-12,14H2/t18-/m0/s1. The van der Waals surface area contributed by atoms with Crippen molar-refractivity contribution in [2.45, 2.75) is 38.3 Å². The van der Waals surface area contributed by atoms with Crippen LogP contribution < -0.4 is 5.69 Å². The number of hydrogen-bond donors (Lipinski definition) is 0. The molecule has 150 valence electrons.